The monoisotopic (exact) mass is 159 g/mol. The predicted molar refractivity (Wildman–Crippen MR) is 48.1 cm³/mol. The Kier molecular flexibility index (Phi) is 4.23. The van der Waals surface area contributed by atoms with E-state index >= 15 is 0 Å². The third-order valence-corrected chi connectivity index (χ3v) is 2.70. The molecule has 1 aliphatic rings. The highest BCUT2D eigenvalue weighted by molar-refractivity contribution is 7.96. The Hall–Kier alpha value is 0.310. The average molecular weight is 159 g/mol. The van der Waals surface area contributed by atoms with E-state index in [0.717, 1.165) is 5.92 Å². The molecule has 0 amide bonds. The Morgan fingerprint density at radius 3 is 2.60 bits per heavy atom. The number of hydrogen-bond acceptors (Lipinski definition) is 2. The molecule has 0 aromatic carbocycles. The first-order valence-corrected chi connectivity index (χ1v) is 5.42. The molecular weight excluding hydrogens is 142 g/mol. The normalized spacial score (nSPS) is 21.3. The van der Waals surface area contributed by atoms with Crippen molar-refractivity contribution in [2.45, 2.75) is 32.1 Å². The van der Waals surface area contributed by atoms with Gasteiger partial charge in [-0.05, 0) is 25.0 Å². The molecule has 0 saturated heterocycles. The van der Waals surface area contributed by atoms with E-state index in [-0.39, 0.29) is 0 Å². The van der Waals surface area contributed by atoms with Crippen molar-refractivity contribution in [3.8, 4) is 0 Å². The van der Waals surface area contributed by atoms with Crippen LogP contribution < -0.4 is 4.72 Å². The van der Waals surface area contributed by atoms with Gasteiger partial charge in [0, 0.05) is 6.54 Å². The van der Waals surface area contributed by atoms with Crippen LogP contribution in [-0.2, 0) is 0 Å². The molecule has 1 rings (SSSR count). The summed E-state index contributed by atoms with van der Waals surface area (Å²) in [4.78, 5) is 0. The lowest BCUT2D eigenvalue weighted by molar-refractivity contribution is 0.360. The lowest BCUT2D eigenvalue weighted by Crippen LogP contribution is -2.18. The van der Waals surface area contributed by atoms with Gasteiger partial charge in [-0.15, -0.1) is 0 Å². The Labute approximate surface area is 68.1 Å². The molecule has 1 nitrogen and oxygen atoms in total. The number of nitrogens with one attached hydrogen (secondary N) is 1. The number of hydrogen-bond donors (Lipinski definition) is 1. The summed E-state index contributed by atoms with van der Waals surface area (Å²) in [5.41, 5.74) is 0. The Balaban J connectivity index is 2.02. The highest BCUT2D eigenvalue weighted by Crippen LogP contribution is 2.22. The first kappa shape index (κ1) is 8.41. The van der Waals surface area contributed by atoms with E-state index in [0.29, 0.717) is 0 Å². The zero-order valence-electron chi connectivity index (χ0n) is 6.73. The van der Waals surface area contributed by atoms with E-state index in [1.165, 1.54) is 38.6 Å². The minimum absolute atomic E-state index is 0.973. The molecule has 1 N–H and O–H groups in total. The average Bonchev–Trinajstić information content (AvgIpc) is 2.03. The fraction of sp³-hybridized carbons (Fsp3) is 1.00. The Bertz CT molecular complexity index is 79.3. The van der Waals surface area contributed by atoms with Gasteiger partial charge >= 0.3 is 0 Å². The van der Waals surface area contributed by atoms with Crippen molar-refractivity contribution in [2.75, 3.05) is 12.8 Å². The van der Waals surface area contributed by atoms with Crippen molar-refractivity contribution in [2.24, 2.45) is 5.92 Å². The van der Waals surface area contributed by atoms with Gasteiger partial charge in [-0.1, -0.05) is 31.2 Å². The molecule has 1 saturated carbocycles. The first-order valence-electron chi connectivity index (χ1n) is 4.19. The molecular formula is C8H17NS. The van der Waals surface area contributed by atoms with Crippen LogP contribution in [0.15, 0.2) is 0 Å². The summed E-state index contributed by atoms with van der Waals surface area (Å²) in [5.74, 6) is 0.973. The van der Waals surface area contributed by atoms with Crippen molar-refractivity contribution >= 4 is 11.9 Å². The fourth-order valence-corrected chi connectivity index (χ4v) is 1.99. The van der Waals surface area contributed by atoms with Gasteiger partial charge in [0.25, 0.3) is 0 Å². The van der Waals surface area contributed by atoms with Crippen molar-refractivity contribution in [3.05, 3.63) is 0 Å². The van der Waals surface area contributed by atoms with Crippen molar-refractivity contribution in [3.63, 3.8) is 0 Å². The van der Waals surface area contributed by atoms with Crippen molar-refractivity contribution < 1.29 is 0 Å². The van der Waals surface area contributed by atoms with Crippen LogP contribution in [0.1, 0.15) is 32.1 Å². The summed E-state index contributed by atoms with van der Waals surface area (Å²) in [6.45, 7) is 1.22. The Morgan fingerprint density at radius 2 is 2.00 bits per heavy atom. The van der Waals surface area contributed by atoms with Crippen LogP contribution in [0, 0.1) is 5.92 Å². The summed E-state index contributed by atoms with van der Waals surface area (Å²) in [6, 6.07) is 0. The second-order valence-corrected chi connectivity index (χ2v) is 3.75. The molecule has 0 unspecified atom stereocenters. The molecule has 0 bridgehead atoms. The summed E-state index contributed by atoms with van der Waals surface area (Å²) in [5, 5.41) is 0. The maximum absolute atomic E-state index is 3.33. The number of rotatable bonds is 3. The summed E-state index contributed by atoms with van der Waals surface area (Å²) in [6.07, 6.45) is 9.39. The highest BCUT2D eigenvalue weighted by Gasteiger charge is 2.11. The zero-order chi connectivity index (χ0) is 7.23. The molecule has 10 heavy (non-hydrogen) atoms. The van der Waals surface area contributed by atoms with Crippen LogP contribution >= 0.6 is 11.9 Å². The molecule has 0 aromatic heterocycles. The quantitative estimate of drug-likeness (QED) is 0.635. The third kappa shape index (κ3) is 2.93. The minimum Gasteiger partial charge on any atom is -0.264 e. The molecule has 1 aliphatic carbocycles. The largest absolute Gasteiger partial charge is 0.264 e. The van der Waals surface area contributed by atoms with Gasteiger partial charge in [0.1, 0.15) is 0 Å². The third-order valence-electron chi connectivity index (χ3n) is 2.24. The topological polar surface area (TPSA) is 12.0 Å². The minimum atomic E-state index is 0.973. The molecule has 0 atom stereocenters. The van der Waals surface area contributed by atoms with E-state index < -0.39 is 0 Å². The maximum Gasteiger partial charge on any atom is 0.00867 e. The van der Waals surface area contributed by atoms with E-state index in [2.05, 4.69) is 11.0 Å². The first-order chi connectivity index (χ1) is 4.93. The van der Waals surface area contributed by atoms with Crippen molar-refractivity contribution in [1.29, 1.82) is 0 Å². The standard InChI is InChI=1S/C8H17NS/c1-10-9-7-8-5-3-2-4-6-8/h8-9H,2-7H2,1H3. The highest BCUT2D eigenvalue weighted by atomic mass is 32.2. The van der Waals surface area contributed by atoms with Crippen LogP contribution in [0.3, 0.4) is 0 Å². The molecule has 60 valence electrons. The Morgan fingerprint density at radius 1 is 1.30 bits per heavy atom. The summed E-state index contributed by atoms with van der Waals surface area (Å²) in [7, 11) is 0. The van der Waals surface area contributed by atoms with Gasteiger partial charge in [-0.3, -0.25) is 4.72 Å². The van der Waals surface area contributed by atoms with Crippen LogP contribution in [0.5, 0.6) is 0 Å². The summed E-state index contributed by atoms with van der Waals surface area (Å²) < 4.78 is 3.33. The SMILES string of the molecule is CSNCC1CCCCC1. The van der Waals surface area contributed by atoms with Gasteiger partial charge in [0.15, 0.2) is 0 Å². The van der Waals surface area contributed by atoms with Gasteiger partial charge in [0.05, 0.1) is 0 Å². The van der Waals surface area contributed by atoms with Crippen LogP contribution in [0.25, 0.3) is 0 Å². The zero-order valence-corrected chi connectivity index (χ0v) is 7.54. The van der Waals surface area contributed by atoms with Crippen molar-refractivity contribution in [1.82, 2.24) is 4.72 Å². The smallest absolute Gasteiger partial charge is 0.00867 e. The lowest BCUT2D eigenvalue weighted by atomic mass is 9.90. The van der Waals surface area contributed by atoms with Crippen LogP contribution in [-0.4, -0.2) is 12.8 Å². The van der Waals surface area contributed by atoms with E-state index in [1.54, 1.807) is 11.9 Å². The maximum atomic E-state index is 3.33. The second kappa shape index (κ2) is 5.03. The molecule has 0 aliphatic heterocycles. The molecule has 0 spiro atoms. The lowest BCUT2D eigenvalue weighted by Gasteiger charge is -2.20. The van der Waals surface area contributed by atoms with Gasteiger partial charge < -0.3 is 0 Å². The van der Waals surface area contributed by atoms with Gasteiger partial charge in [0.2, 0.25) is 0 Å². The molecule has 2 heteroatoms. The molecule has 0 aromatic rings. The van der Waals surface area contributed by atoms with E-state index in [1.807, 2.05) is 0 Å². The van der Waals surface area contributed by atoms with E-state index in [4.69, 9.17) is 0 Å². The summed E-state index contributed by atoms with van der Waals surface area (Å²) >= 11 is 1.75. The molecule has 0 radical (unpaired) electrons. The second-order valence-electron chi connectivity index (χ2n) is 3.06. The molecule has 0 heterocycles. The van der Waals surface area contributed by atoms with Crippen LogP contribution in [0.4, 0.5) is 0 Å². The van der Waals surface area contributed by atoms with Gasteiger partial charge in [-0.2, -0.15) is 0 Å². The van der Waals surface area contributed by atoms with Gasteiger partial charge in [-0.25, -0.2) is 0 Å². The molecule has 1 fully saturated rings. The van der Waals surface area contributed by atoms with Crippen LogP contribution in [0.2, 0.25) is 0 Å². The fourth-order valence-electron chi connectivity index (χ4n) is 1.59. The predicted octanol–water partition coefficient (Wildman–Crippen LogP) is 2.43. The van der Waals surface area contributed by atoms with E-state index in [9.17, 15) is 0 Å².